The van der Waals surface area contributed by atoms with Crippen LogP contribution in [0.3, 0.4) is 0 Å². The highest BCUT2D eigenvalue weighted by Gasteiger charge is 2.38. The van der Waals surface area contributed by atoms with Crippen LogP contribution in [0.5, 0.6) is 5.75 Å². The molecule has 3 rings (SSSR count). The zero-order valence-corrected chi connectivity index (χ0v) is 13.4. The van der Waals surface area contributed by atoms with Crippen LogP contribution in [-0.2, 0) is 21.0 Å². The molecular formula is C18H15NO6. The minimum atomic E-state index is -0.831. The normalized spacial score (nSPS) is 12.9. The third kappa shape index (κ3) is 3.51. The van der Waals surface area contributed by atoms with Crippen molar-refractivity contribution < 1.29 is 28.7 Å². The number of methoxy groups -OCH3 is 1. The van der Waals surface area contributed by atoms with Crippen molar-refractivity contribution in [2.45, 2.75) is 6.61 Å². The monoisotopic (exact) mass is 341 g/mol. The van der Waals surface area contributed by atoms with Crippen molar-refractivity contribution >= 4 is 17.8 Å². The van der Waals surface area contributed by atoms with E-state index in [-0.39, 0.29) is 24.3 Å². The zero-order valence-electron chi connectivity index (χ0n) is 13.4. The molecule has 0 fully saturated rings. The van der Waals surface area contributed by atoms with E-state index in [4.69, 9.17) is 14.3 Å². The number of benzene rings is 2. The summed E-state index contributed by atoms with van der Waals surface area (Å²) >= 11 is 0. The van der Waals surface area contributed by atoms with E-state index in [0.717, 1.165) is 5.56 Å². The first-order chi connectivity index (χ1) is 12.1. The van der Waals surface area contributed by atoms with Gasteiger partial charge in [0.2, 0.25) is 0 Å². The molecule has 0 atom stereocenters. The van der Waals surface area contributed by atoms with Crippen molar-refractivity contribution in [2.75, 3.05) is 13.7 Å². The summed E-state index contributed by atoms with van der Waals surface area (Å²) in [5, 5.41) is 0.462. The van der Waals surface area contributed by atoms with E-state index in [1.807, 2.05) is 0 Å². The Kier molecular flexibility index (Phi) is 4.76. The van der Waals surface area contributed by atoms with Gasteiger partial charge in [-0.15, -0.1) is 0 Å². The molecule has 25 heavy (non-hydrogen) atoms. The number of carbonyl (C=O) groups excluding carboxylic acids is 3. The Morgan fingerprint density at radius 1 is 0.960 bits per heavy atom. The zero-order chi connectivity index (χ0) is 17.8. The first kappa shape index (κ1) is 16.7. The molecule has 7 heteroatoms. The first-order valence-electron chi connectivity index (χ1n) is 7.49. The van der Waals surface area contributed by atoms with Crippen molar-refractivity contribution in [3.63, 3.8) is 0 Å². The summed E-state index contributed by atoms with van der Waals surface area (Å²) in [6, 6.07) is 13.4. The van der Waals surface area contributed by atoms with Crippen LogP contribution in [0.2, 0.25) is 0 Å². The fourth-order valence-corrected chi connectivity index (χ4v) is 2.35. The molecule has 1 heterocycles. The fraction of sp³-hybridized carbons (Fsp3) is 0.167. The smallest absolute Gasteiger partial charge is 0.358 e. The second-order valence-corrected chi connectivity index (χ2v) is 5.25. The summed E-state index contributed by atoms with van der Waals surface area (Å²) in [7, 11) is 1.57. The van der Waals surface area contributed by atoms with Crippen molar-refractivity contribution in [3.8, 4) is 5.75 Å². The molecule has 2 amide bonds. The fourth-order valence-electron chi connectivity index (χ4n) is 2.35. The Bertz CT molecular complexity index is 780. The highest BCUT2D eigenvalue weighted by atomic mass is 16.7. The Morgan fingerprint density at radius 2 is 1.56 bits per heavy atom. The van der Waals surface area contributed by atoms with Crippen molar-refractivity contribution in [2.24, 2.45) is 0 Å². The van der Waals surface area contributed by atoms with Gasteiger partial charge in [0.1, 0.15) is 12.4 Å². The number of hydroxylamine groups is 2. The summed E-state index contributed by atoms with van der Waals surface area (Å²) in [5.74, 6) is -1.44. The van der Waals surface area contributed by atoms with Gasteiger partial charge in [-0.05, 0) is 29.8 Å². The Morgan fingerprint density at radius 3 is 2.12 bits per heavy atom. The molecule has 0 radical (unpaired) electrons. The standard InChI is InChI=1S/C18H15NO6/c1-23-13-8-6-12(7-9-13)10-24-11-16(20)25-19-17(21)14-4-2-3-5-15(14)18(19)22/h2-9H,10-11H2,1H3. The average Bonchev–Trinajstić information content (AvgIpc) is 2.88. The van der Waals surface area contributed by atoms with Crippen LogP contribution >= 0.6 is 0 Å². The molecule has 0 spiro atoms. The van der Waals surface area contributed by atoms with E-state index in [0.29, 0.717) is 10.8 Å². The Balaban J connectivity index is 1.51. The van der Waals surface area contributed by atoms with Gasteiger partial charge >= 0.3 is 5.97 Å². The highest BCUT2D eigenvalue weighted by molar-refractivity contribution is 6.20. The first-order valence-corrected chi connectivity index (χ1v) is 7.49. The van der Waals surface area contributed by atoms with Crippen molar-refractivity contribution in [1.82, 2.24) is 5.06 Å². The van der Waals surface area contributed by atoms with Gasteiger partial charge in [-0.25, -0.2) is 4.79 Å². The van der Waals surface area contributed by atoms with Crippen molar-refractivity contribution in [3.05, 3.63) is 65.2 Å². The van der Waals surface area contributed by atoms with Crippen LogP contribution in [0.1, 0.15) is 26.3 Å². The lowest BCUT2D eigenvalue weighted by molar-refractivity contribution is -0.174. The molecule has 0 aromatic heterocycles. The van der Waals surface area contributed by atoms with E-state index in [1.165, 1.54) is 12.1 Å². The number of rotatable bonds is 6. The lowest BCUT2D eigenvalue weighted by Gasteiger charge is -2.12. The molecule has 128 valence electrons. The van der Waals surface area contributed by atoms with E-state index in [9.17, 15) is 14.4 Å². The second-order valence-electron chi connectivity index (χ2n) is 5.25. The van der Waals surface area contributed by atoms with Crippen LogP contribution in [-0.4, -0.2) is 36.6 Å². The van der Waals surface area contributed by atoms with Gasteiger partial charge in [0.05, 0.1) is 24.8 Å². The van der Waals surface area contributed by atoms with Crippen LogP contribution in [0.15, 0.2) is 48.5 Å². The molecule has 2 aromatic carbocycles. The van der Waals surface area contributed by atoms with Gasteiger partial charge in [-0.2, -0.15) is 0 Å². The summed E-state index contributed by atoms with van der Waals surface area (Å²) in [6.45, 7) is -0.208. The third-order valence-electron chi connectivity index (χ3n) is 3.60. The largest absolute Gasteiger partial charge is 0.497 e. The minimum absolute atomic E-state index is 0.182. The minimum Gasteiger partial charge on any atom is -0.497 e. The van der Waals surface area contributed by atoms with E-state index in [2.05, 4.69) is 0 Å². The molecule has 0 saturated carbocycles. The predicted molar refractivity (Wildman–Crippen MR) is 85.7 cm³/mol. The molecule has 0 bridgehead atoms. The van der Waals surface area contributed by atoms with Crippen LogP contribution < -0.4 is 4.74 Å². The molecule has 1 aliphatic rings. The topological polar surface area (TPSA) is 82.1 Å². The van der Waals surface area contributed by atoms with E-state index >= 15 is 0 Å². The Labute approximate surface area is 143 Å². The number of hydrogen-bond acceptors (Lipinski definition) is 6. The van der Waals surface area contributed by atoms with Crippen LogP contribution in [0, 0.1) is 0 Å². The summed E-state index contributed by atoms with van der Waals surface area (Å²) in [4.78, 5) is 40.8. The number of carbonyl (C=O) groups is 3. The van der Waals surface area contributed by atoms with Gasteiger partial charge in [0.25, 0.3) is 11.8 Å². The van der Waals surface area contributed by atoms with Crippen LogP contribution in [0.4, 0.5) is 0 Å². The van der Waals surface area contributed by atoms with E-state index in [1.54, 1.807) is 43.5 Å². The number of nitrogens with zero attached hydrogens (tertiary/aromatic N) is 1. The van der Waals surface area contributed by atoms with Crippen molar-refractivity contribution in [1.29, 1.82) is 0 Å². The van der Waals surface area contributed by atoms with Gasteiger partial charge in [-0.1, -0.05) is 29.3 Å². The molecule has 2 aromatic rings. The average molecular weight is 341 g/mol. The number of hydrogen-bond donors (Lipinski definition) is 0. The van der Waals surface area contributed by atoms with Gasteiger partial charge in [0, 0.05) is 0 Å². The van der Waals surface area contributed by atoms with E-state index < -0.39 is 17.8 Å². The number of ether oxygens (including phenoxy) is 2. The Hall–Kier alpha value is -3.19. The summed E-state index contributed by atoms with van der Waals surface area (Å²) in [5.41, 5.74) is 1.26. The number of fused-ring (bicyclic) bond motifs is 1. The maximum atomic E-state index is 12.1. The van der Waals surface area contributed by atoms with Gasteiger partial charge in [-0.3, -0.25) is 9.59 Å². The lowest BCUT2D eigenvalue weighted by Crippen LogP contribution is -2.34. The highest BCUT2D eigenvalue weighted by Crippen LogP contribution is 2.22. The van der Waals surface area contributed by atoms with Gasteiger partial charge < -0.3 is 14.3 Å². The number of imide groups is 1. The molecule has 1 aliphatic heterocycles. The van der Waals surface area contributed by atoms with Crippen LogP contribution in [0.25, 0.3) is 0 Å². The molecule has 0 N–H and O–H groups in total. The lowest BCUT2D eigenvalue weighted by atomic mass is 10.1. The summed E-state index contributed by atoms with van der Waals surface area (Å²) in [6.07, 6.45) is 0. The molecule has 0 saturated heterocycles. The SMILES string of the molecule is COc1ccc(COCC(=O)ON2C(=O)c3ccccc3C2=O)cc1. The maximum Gasteiger partial charge on any atom is 0.358 e. The number of amides is 2. The molecular weight excluding hydrogens is 326 g/mol. The molecule has 0 unspecified atom stereocenters. The third-order valence-corrected chi connectivity index (χ3v) is 3.60. The summed E-state index contributed by atoms with van der Waals surface area (Å²) < 4.78 is 10.3. The molecule has 0 aliphatic carbocycles. The maximum absolute atomic E-state index is 12.1. The molecule has 7 nitrogen and oxygen atoms in total. The predicted octanol–water partition coefficient (Wildman–Crippen LogP) is 1.97. The quantitative estimate of drug-likeness (QED) is 0.747. The second kappa shape index (κ2) is 7.14. The van der Waals surface area contributed by atoms with Gasteiger partial charge in [0.15, 0.2) is 0 Å².